The molecule has 0 aliphatic carbocycles. The van der Waals surface area contributed by atoms with Gasteiger partial charge in [0, 0.05) is 24.3 Å². The van der Waals surface area contributed by atoms with Crippen molar-refractivity contribution in [2.75, 3.05) is 36.5 Å². The molecule has 0 saturated carbocycles. The first-order valence-electron chi connectivity index (χ1n) is 7.64. The molecule has 0 bridgehead atoms. The zero-order chi connectivity index (χ0) is 16.2. The van der Waals surface area contributed by atoms with Crippen LogP contribution >= 0.6 is 11.6 Å². The summed E-state index contributed by atoms with van der Waals surface area (Å²) in [6.07, 6.45) is 0. The molecule has 120 valence electrons. The Morgan fingerprint density at radius 2 is 1.91 bits per heavy atom. The Labute approximate surface area is 141 Å². The molecule has 1 saturated heterocycles. The Hall–Kier alpha value is -2.04. The van der Waals surface area contributed by atoms with E-state index in [4.69, 9.17) is 16.3 Å². The quantitative estimate of drug-likeness (QED) is 0.932. The van der Waals surface area contributed by atoms with E-state index in [2.05, 4.69) is 10.2 Å². The van der Waals surface area contributed by atoms with Gasteiger partial charge < -0.3 is 15.0 Å². The molecule has 4 nitrogen and oxygen atoms in total. The van der Waals surface area contributed by atoms with E-state index in [-0.39, 0.29) is 5.91 Å². The molecule has 0 aromatic heterocycles. The SMILES string of the molecule is Cc1ccccc1C(=O)Nc1ccc(N2CCOCC2)c(Cl)c1. The number of hydrogen-bond donors (Lipinski definition) is 1. The molecule has 1 heterocycles. The summed E-state index contributed by atoms with van der Waals surface area (Å²) in [5, 5.41) is 3.54. The van der Waals surface area contributed by atoms with E-state index < -0.39 is 0 Å². The van der Waals surface area contributed by atoms with Gasteiger partial charge in [0.05, 0.1) is 23.9 Å². The molecule has 0 unspecified atom stereocenters. The third-order valence-electron chi connectivity index (χ3n) is 3.95. The molecule has 1 fully saturated rings. The second kappa shape index (κ2) is 7.02. The predicted molar refractivity (Wildman–Crippen MR) is 93.6 cm³/mol. The molecule has 0 atom stereocenters. The lowest BCUT2D eigenvalue weighted by Gasteiger charge is -2.29. The fourth-order valence-electron chi connectivity index (χ4n) is 2.67. The molecule has 2 aromatic rings. The number of carbonyl (C=O) groups is 1. The third-order valence-corrected chi connectivity index (χ3v) is 4.25. The fourth-order valence-corrected chi connectivity index (χ4v) is 2.97. The number of halogens is 1. The molecule has 5 heteroatoms. The normalized spacial score (nSPS) is 14.6. The summed E-state index contributed by atoms with van der Waals surface area (Å²) in [7, 11) is 0. The van der Waals surface area contributed by atoms with Gasteiger partial charge in [0.1, 0.15) is 0 Å². The number of nitrogens with one attached hydrogen (secondary N) is 1. The van der Waals surface area contributed by atoms with E-state index in [1.165, 1.54) is 0 Å². The number of carbonyl (C=O) groups excluding carboxylic acids is 1. The number of nitrogens with zero attached hydrogens (tertiary/aromatic N) is 1. The summed E-state index contributed by atoms with van der Waals surface area (Å²) in [5.74, 6) is -0.127. The molecule has 0 radical (unpaired) electrons. The van der Waals surface area contributed by atoms with Crippen molar-refractivity contribution < 1.29 is 9.53 Å². The lowest BCUT2D eigenvalue weighted by molar-refractivity contribution is 0.102. The van der Waals surface area contributed by atoms with E-state index in [1.54, 1.807) is 6.07 Å². The third kappa shape index (κ3) is 3.66. The minimum atomic E-state index is -0.127. The number of morpholine rings is 1. The fraction of sp³-hybridized carbons (Fsp3) is 0.278. The first-order chi connectivity index (χ1) is 11.1. The van der Waals surface area contributed by atoms with Gasteiger partial charge in [-0.15, -0.1) is 0 Å². The van der Waals surface area contributed by atoms with Crippen LogP contribution in [0.5, 0.6) is 0 Å². The van der Waals surface area contributed by atoms with Crippen molar-refractivity contribution >= 4 is 28.9 Å². The van der Waals surface area contributed by atoms with Crippen LogP contribution in [0.2, 0.25) is 5.02 Å². The van der Waals surface area contributed by atoms with Crippen LogP contribution in [0.1, 0.15) is 15.9 Å². The van der Waals surface area contributed by atoms with Crippen molar-refractivity contribution in [3.05, 3.63) is 58.6 Å². The molecule has 1 aliphatic rings. The lowest BCUT2D eigenvalue weighted by atomic mass is 10.1. The smallest absolute Gasteiger partial charge is 0.255 e. The summed E-state index contributed by atoms with van der Waals surface area (Å²) >= 11 is 6.39. The Morgan fingerprint density at radius 3 is 2.61 bits per heavy atom. The second-order valence-corrected chi connectivity index (χ2v) is 5.94. The maximum absolute atomic E-state index is 12.4. The highest BCUT2D eigenvalue weighted by molar-refractivity contribution is 6.33. The molecule has 3 rings (SSSR count). The van der Waals surface area contributed by atoms with Crippen LogP contribution in [0.25, 0.3) is 0 Å². The molecule has 23 heavy (non-hydrogen) atoms. The van der Waals surface area contributed by atoms with Crippen LogP contribution in [0.3, 0.4) is 0 Å². The predicted octanol–water partition coefficient (Wildman–Crippen LogP) is 3.74. The molecular weight excluding hydrogens is 312 g/mol. The average Bonchev–Trinajstić information content (AvgIpc) is 2.56. The molecule has 2 aromatic carbocycles. The Kier molecular flexibility index (Phi) is 4.84. The van der Waals surface area contributed by atoms with Gasteiger partial charge in [0.15, 0.2) is 0 Å². The van der Waals surface area contributed by atoms with Gasteiger partial charge in [0.2, 0.25) is 0 Å². The monoisotopic (exact) mass is 330 g/mol. The highest BCUT2D eigenvalue weighted by Crippen LogP contribution is 2.29. The summed E-state index contributed by atoms with van der Waals surface area (Å²) in [6.45, 7) is 5.00. The van der Waals surface area contributed by atoms with E-state index >= 15 is 0 Å². The van der Waals surface area contributed by atoms with Gasteiger partial charge in [-0.2, -0.15) is 0 Å². The first kappa shape index (κ1) is 15.8. The largest absolute Gasteiger partial charge is 0.378 e. The summed E-state index contributed by atoms with van der Waals surface area (Å²) in [6, 6.07) is 13.1. The van der Waals surface area contributed by atoms with Gasteiger partial charge in [-0.25, -0.2) is 0 Å². The van der Waals surface area contributed by atoms with Crippen LogP contribution in [0, 0.1) is 6.92 Å². The number of rotatable bonds is 3. The Bertz CT molecular complexity index is 712. The van der Waals surface area contributed by atoms with Crippen molar-refractivity contribution in [3.8, 4) is 0 Å². The number of amides is 1. The highest BCUT2D eigenvalue weighted by Gasteiger charge is 2.15. The molecular formula is C18H19ClN2O2. The Balaban J connectivity index is 1.75. The van der Waals surface area contributed by atoms with E-state index in [1.807, 2.05) is 43.3 Å². The zero-order valence-corrected chi connectivity index (χ0v) is 13.8. The highest BCUT2D eigenvalue weighted by atomic mass is 35.5. The first-order valence-corrected chi connectivity index (χ1v) is 8.02. The second-order valence-electron chi connectivity index (χ2n) is 5.53. The van der Waals surface area contributed by atoms with Crippen molar-refractivity contribution in [2.45, 2.75) is 6.92 Å². The topological polar surface area (TPSA) is 41.6 Å². The van der Waals surface area contributed by atoms with Crippen LogP contribution in [0.15, 0.2) is 42.5 Å². The van der Waals surface area contributed by atoms with Crippen LogP contribution in [0.4, 0.5) is 11.4 Å². The maximum atomic E-state index is 12.4. The lowest BCUT2D eigenvalue weighted by Crippen LogP contribution is -2.36. The number of aryl methyl sites for hydroxylation is 1. The van der Waals surface area contributed by atoms with Crippen molar-refractivity contribution in [1.29, 1.82) is 0 Å². The maximum Gasteiger partial charge on any atom is 0.255 e. The van der Waals surface area contributed by atoms with Gasteiger partial charge in [-0.05, 0) is 36.8 Å². The summed E-state index contributed by atoms with van der Waals surface area (Å²) in [4.78, 5) is 14.5. The zero-order valence-electron chi connectivity index (χ0n) is 13.0. The molecule has 1 amide bonds. The van der Waals surface area contributed by atoms with Crippen molar-refractivity contribution in [3.63, 3.8) is 0 Å². The van der Waals surface area contributed by atoms with Crippen molar-refractivity contribution in [2.24, 2.45) is 0 Å². The minimum Gasteiger partial charge on any atom is -0.378 e. The van der Waals surface area contributed by atoms with Crippen LogP contribution < -0.4 is 10.2 Å². The van der Waals surface area contributed by atoms with E-state index in [9.17, 15) is 4.79 Å². The van der Waals surface area contributed by atoms with Crippen LogP contribution in [-0.2, 0) is 4.74 Å². The molecule has 1 aliphatic heterocycles. The Morgan fingerprint density at radius 1 is 1.17 bits per heavy atom. The number of anilines is 2. The molecule has 1 N–H and O–H groups in total. The van der Waals surface area contributed by atoms with Gasteiger partial charge >= 0.3 is 0 Å². The van der Waals surface area contributed by atoms with Crippen LogP contribution in [-0.4, -0.2) is 32.2 Å². The van der Waals surface area contributed by atoms with E-state index in [0.29, 0.717) is 29.5 Å². The van der Waals surface area contributed by atoms with Gasteiger partial charge in [0.25, 0.3) is 5.91 Å². The molecule has 0 spiro atoms. The standard InChI is InChI=1S/C18H19ClN2O2/c1-13-4-2-3-5-15(13)18(22)20-14-6-7-17(16(19)12-14)21-8-10-23-11-9-21/h2-7,12H,8-11H2,1H3,(H,20,22). The van der Waals surface area contributed by atoms with E-state index in [0.717, 1.165) is 24.3 Å². The number of ether oxygens (including phenoxy) is 1. The number of hydrogen-bond acceptors (Lipinski definition) is 3. The summed E-state index contributed by atoms with van der Waals surface area (Å²) in [5.41, 5.74) is 3.28. The number of benzene rings is 2. The van der Waals surface area contributed by atoms with Crippen molar-refractivity contribution in [1.82, 2.24) is 0 Å². The average molecular weight is 331 g/mol. The van der Waals surface area contributed by atoms with Gasteiger partial charge in [-0.3, -0.25) is 4.79 Å². The van der Waals surface area contributed by atoms with Gasteiger partial charge in [-0.1, -0.05) is 29.8 Å². The minimum absolute atomic E-state index is 0.127. The summed E-state index contributed by atoms with van der Waals surface area (Å²) < 4.78 is 5.36.